The number of carbonyl (C=O) groups is 1. The predicted octanol–water partition coefficient (Wildman–Crippen LogP) is 3.30. The molecule has 0 spiro atoms. The fourth-order valence-corrected chi connectivity index (χ4v) is 3.70. The topological polar surface area (TPSA) is 88.7 Å². The van der Waals surface area contributed by atoms with Crippen LogP contribution in [0.5, 0.6) is 0 Å². The lowest BCUT2D eigenvalue weighted by molar-refractivity contribution is -0.120. The summed E-state index contributed by atoms with van der Waals surface area (Å²) in [4.78, 5) is 13.2. The van der Waals surface area contributed by atoms with Gasteiger partial charge < -0.3 is 10.6 Å². The summed E-state index contributed by atoms with van der Waals surface area (Å²) in [6.45, 7) is 2.02. The molecule has 0 aromatic heterocycles. The molecular weight excluding hydrogens is 320 g/mol. The van der Waals surface area contributed by atoms with E-state index in [1.165, 1.54) is 0 Å². The van der Waals surface area contributed by atoms with Gasteiger partial charge in [-0.2, -0.15) is 10.5 Å². The molecule has 0 aliphatic heterocycles. The number of thioether (sulfide) groups is 1. The predicted molar refractivity (Wildman–Crippen MR) is 95.4 cm³/mol. The SMILES string of the molecule is C[C@H](C#N)CSc1ccccc1NCC(=O)NC1(C#N)CCCC1. The van der Waals surface area contributed by atoms with Gasteiger partial charge in [0.15, 0.2) is 0 Å². The molecule has 1 aliphatic carbocycles. The third-order valence-electron chi connectivity index (χ3n) is 4.09. The van der Waals surface area contributed by atoms with Gasteiger partial charge in [0.05, 0.1) is 24.6 Å². The number of rotatable bonds is 7. The summed E-state index contributed by atoms with van der Waals surface area (Å²) in [5.74, 6) is 0.520. The molecule has 1 saturated carbocycles. The molecule has 1 aliphatic rings. The maximum atomic E-state index is 12.2. The maximum Gasteiger partial charge on any atom is 0.240 e. The molecule has 0 radical (unpaired) electrons. The van der Waals surface area contributed by atoms with Crippen molar-refractivity contribution in [3.8, 4) is 12.1 Å². The number of carbonyl (C=O) groups excluding carboxylic acids is 1. The Balaban J connectivity index is 1.91. The minimum absolute atomic E-state index is 0.0239. The molecule has 1 atom stereocenters. The molecule has 0 bridgehead atoms. The van der Waals surface area contributed by atoms with Crippen molar-refractivity contribution in [1.82, 2.24) is 5.32 Å². The van der Waals surface area contributed by atoms with Crippen LogP contribution in [0, 0.1) is 28.6 Å². The first-order valence-electron chi connectivity index (χ1n) is 8.16. The number of hydrogen-bond acceptors (Lipinski definition) is 5. The van der Waals surface area contributed by atoms with Gasteiger partial charge in [0.2, 0.25) is 5.91 Å². The van der Waals surface area contributed by atoms with E-state index in [0.29, 0.717) is 5.75 Å². The average molecular weight is 342 g/mol. The van der Waals surface area contributed by atoms with E-state index in [-0.39, 0.29) is 18.4 Å². The van der Waals surface area contributed by atoms with Gasteiger partial charge in [-0.3, -0.25) is 4.79 Å². The fourth-order valence-electron chi connectivity index (χ4n) is 2.72. The Kier molecular flexibility index (Phi) is 6.52. The van der Waals surface area contributed by atoms with Crippen LogP contribution in [-0.2, 0) is 4.79 Å². The first-order valence-corrected chi connectivity index (χ1v) is 9.15. The molecule has 1 amide bonds. The van der Waals surface area contributed by atoms with Crippen molar-refractivity contribution < 1.29 is 4.79 Å². The lowest BCUT2D eigenvalue weighted by Gasteiger charge is -2.22. The maximum absolute atomic E-state index is 12.2. The quantitative estimate of drug-likeness (QED) is 0.742. The molecule has 24 heavy (non-hydrogen) atoms. The van der Waals surface area contributed by atoms with Crippen LogP contribution >= 0.6 is 11.8 Å². The molecule has 0 saturated heterocycles. The summed E-state index contributed by atoms with van der Waals surface area (Å²) < 4.78 is 0. The Labute approximate surface area is 147 Å². The summed E-state index contributed by atoms with van der Waals surface area (Å²) in [5.41, 5.74) is 0.190. The Morgan fingerprint density at radius 2 is 2.04 bits per heavy atom. The average Bonchev–Trinajstić information content (AvgIpc) is 3.07. The van der Waals surface area contributed by atoms with Crippen molar-refractivity contribution in [2.24, 2.45) is 5.92 Å². The number of amides is 1. The van der Waals surface area contributed by atoms with Crippen molar-refractivity contribution in [2.45, 2.75) is 43.0 Å². The fraction of sp³-hybridized carbons (Fsp3) is 0.500. The summed E-state index contributed by atoms with van der Waals surface area (Å²) >= 11 is 1.60. The van der Waals surface area contributed by atoms with Crippen LogP contribution in [0.2, 0.25) is 0 Å². The Hall–Kier alpha value is -2.18. The minimum Gasteiger partial charge on any atom is -0.375 e. The number of benzene rings is 1. The molecule has 6 heteroatoms. The highest BCUT2D eigenvalue weighted by Crippen LogP contribution is 2.30. The third-order valence-corrected chi connectivity index (χ3v) is 5.42. The summed E-state index contributed by atoms with van der Waals surface area (Å²) in [6, 6.07) is 12.2. The smallest absolute Gasteiger partial charge is 0.240 e. The van der Waals surface area contributed by atoms with Crippen molar-refractivity contribution in [1.29, 1.82) is 10.5 Å². The van der Waals surface area contributed by atoms with E-state index < -0.39 is 5.54 Å². The number of anilines is 1. The van der Waals surface area contributed by atoms with Crippen molar-refractivity contribution >= 4 is 23.4 Å². The molecule has 2 rings (SSSR count). The van der Waals surface area contributed by atoms with Crippen molar-refractivity contribution in [3.63, 3.8) is 0 Å². The van der Waals surface area contributed by atoms with E-state index in [1.807, 2.05) is 31.2 Å². The van der Waals surface area contributed by atoms with Crippen LogP contribution < -0.4 is 10.6 Å². The van der Waals surface area contributed by atoms with Gasteiger partial charge in [0, 0.05) is 16.3 Å². The minimum atomic E-state index is -0.685. The highest BCUT2D eigenvalue weighted by atomic mass is 32.2. The largest absolute Gasteiger partial charge is 0.375 e. The van der Waals surface area contributed by atoms with Crippen LogP contribution in [0.1, 0.15) is 32.6 Å². The summed E-state index contributed by atoms with van der Waals surface area (Å²) in [5, 5.41) is 24.2. The van der Waals surface area contributed by atoms with E-state index in [9.17, 15) is 10.1 Å². The second-order valence-electron chi connectivity index (χ2n) is 6.14. The van der Waals surface area contributed by atoms with Gasteiger partial charge in [-0.1, -0.05) is 12.1 Å². The highest BCUT2D eigenvalue weighted by molar-refractivity contribution is 7.99. The molecule has 1 aromatic carbocycles. The number of hydrogen-bond donors (Lipinski definition) is 2. The second kappa shape index (κ2) is 8.61. The zero-order valence-corrected chi connectivity index (χ0v) is 14.7. The van der Waals surface area contributed by atoms with Gasteiger partial charge >= 0.3 is 0 Å². The lowest BCUT2D eigenvalue weighted by atomic mass is 10.00. The summed E-state index contributed by atoms with van der Waals surface area (Å²) in [7, 11) is 0. The molecule has 2 N–H and O–H groups in total. The standard InChI is InChI=1S/C18H22N4OS/c1-14(10-19)12-24-16-7-3-2-6-15(16)21-11-17(23)22-18(13-20)8-4-5-9-18/h2-3,6-7,14,21H,4-5,8-9,11-12H2,1H3,(H,22,23)/t14-/m1/s1. The molecule has 0 unspecified atom stereocenters. The van der Waals surface area contributed by atoms with Crippen LogP contribution in [0.25, 0.3) is 0 Å². The van der Waals surface area contributed by atoms with Gasteiger partial charge in [-0.15, -0.1) is 11.8 Å². The zero-order chi connectivity index (χ0) is 17.4. The van der Waals surface area contributed by atoms with E-state index in [4.69, 9.17) is 5.26 Å². The van der Waals surface area contributed by atoms with E-state index >= 15 is 0 Å². The Bertz CT molecular complexity index is 656. The van der Waals surface area contributed by atoms with Crippen LogP contribution in [0.15, 0.2) is 29.2 Å². The number of para-hydroxylation sites is 1. The molecule has 0 heterocycles. The second-order valence-corrected chi connectivity index (χ2v) is 7.20. The van der Waals surface area contributed by atoms with E-state index in [0.717, 1.165) is 36.3 Å². The van der Waals surface area contributed by atoms with Crippen molar-refractivity contribution in [3.05, 3.63) is 24.3 Å². The molecule has 5 nitrogen and oxygen atoms in total. The highest BCUT2D eigenvalue weighted by Gasteiger charge is 2.35. The van der Waals surface area contributed by atoms with E-state index in [1.54, 1.807) is 11.8 Å². The Morgan fingerprint density at radius 1 is 1.33 bits per heavy atom. The number of nitrogens with zero attached hydrogens (tertiary/aromatic N) is 2. The third kappa shape index (κ3) is 4.91. The lowest BCUT2D eigenvalue weighted by Crippen LogP contribution is -2.47. The monoisotopic (exact) mass is 342 g/mol. The summed E-state index contributed by atoms with van der Waals surface area (Å²) in [6.07, 6.45) is 3.43. The van der Waals surface area contributed by atoms with Crippen LogP contribution in [0.4, 0.5) is 5.69 Å². The molecule has 1 aromatic rings. The normalized spacial score (nSPS) is 16.6. The molecule has 1 fully saturated rings. The van der Waals surface area contributed by atoms with Gasteiger partial charge in [0.25, 0.3) is 0 Å². The first kappa shape index (κ1) is 18.2. The molecular formula is C18H22N4OS. The van der Waals surface area contributed by atoms with Gasteiger partial charge in [0.1, 0.15) is 5.54 Å². The van der Waals surface area contributed by atoms with Gasteiger partial charge in [-0.25, -0.2) is 0 Å². The molecule has 126 valence electrons. The number of nitrogens with one attached hydrogen (secondary N) is 2. The first-order chi connectivity index (χ1) is 11.6. The number of nitriles is 2. The van der Waals surface area contributed by atoms with E-state index in [2.05, 4.69) is 22.8 Å². The van der Waals surface area contributed by atoms with Crippen LogP contribution in [-0.4, -0.2) is 23.7 Å². The van der Waals surface area contributed by atoms with Gasteiger partial charge in [-0.05, 0) is 44.7 Å². The van der Waals surface area contributed by atoms with Crippen LogP contribution in [0.3, 0.4) is 0 Å². The Morgan fingerprint density at radius 3 is 2.71 bits per heavy atom. The van der Waals surface area contributed by atoms with Crippen molar-refractivity contribution in [2.75, 3.05) is 17.6 Å². The zero-order valence-electron chi connectivity index (χ0n) is 13.8.